The van der Waals surface area contributed by atoms with Gasteiger partial charge in [0, 0.05) is 17.9 Å². The van der Waals surface area contributed by atoms with Crippen molar-refractivity contribution in [3.63, 3.8) is 0 Å². The molecular formula is C23H21FO5S2. The average molecular weight is 461 g/mol. The van der Waals surface area contributed by atoms with Crippen molar-refractivity contribution in [2.24, 2.45) is 5.92 Å². The zero-order chi connectivity index (χ0) is 22.7. The lowest BCUT2D eigenvalue weighted by Gasteiger charge is -2.30. The van der Waals surface area contributed by atoms with Gasteiger partial charge in [0.05, 0.1) is 9.79 Å². The van der Waals surface area contributed by atoms with Gasteiger partial charge in [-0.25, -0.2) is 21.2 Å². The van der Waals surface area contributed by atoms with Gasteiger partial charge in [-0.3, -0.25) is 4.79 Å². The van der Waals surface area contributed by atoms with E-state index in [0.29, 0.717) is 0 Å². The first-order chi connectivity index (χ1) is 14.6. The van der Waals surface area contributed by atoms with Gasteiger partial charge in [0.2, 0.25) is 19.7 Å². The molecule has 5 nitrogen and oxygen atoms in total. The summed E-state index contributed by atoms with van der Waals surface area (Å²) >= 11 is 0. The predicted molar refractivity (Wildman–Crippen MR) is 116 cm³/mol. The summed E-state index contributed by atoms with van der Waals surface area (Å²) in [6.07, 6.45) is -0.612. The Bertz CT molecular complexity index is 1190. The van der Waals surface area contributed by atoms with Crippen molar-refractivity contribution in [2.45, 2.75) is 27.5 Å². The van der Waals surface area contributed by atoms with Gasteiger partial charge < -0.3 is 0 Å². The molecule has 0 aliphatic heterocycles. The Labute approximate surface area is 181 Å². The van der Waals surface area contributed by atoms with Gasteiger partial charge in [-0.2, -0.15) is 0 Å². The van der Waals surface area contributed by atoms with Crippen LogP contribution >= 0.6 is 0 Å². The zero-order valence-electron chi connectivity index (χ0n) is 16.7. The largest absolute Gasteiger partial charge is 0.320 e. The maximum Gasteiger partial charge on any atom is 0.320 e. The predicted octanol–water partition coefficient (Wildman–Crippen LogP) is 4.47. The first kappa shape index (κ1) is 22.8. The summed E-state index contributed by atoms with van der Waals surface area (Å²) in [4.78, 5) is 11.7. The third-order valence-electron chi connectivity index (χ3n) is 5.02. The Hall–Kier alpha value is -2.84. The molecule has 0 aromatic heterocycles. The molecule has 3 aromatic carbocycles. The number of benzene rings is 3. The fourth-order valence-corrected chi connectivity index (χ4v) is 7.97. The number of rotatable bonds is 8. The van der Waals surface area contributed by atoms with E-state index in [4.69, 9.17) is 0 Å². The molecule has 0 aliphatic carbocycles. The number of carbonyl (C=O) groups is 1. The van der Waals surface area contributed by atoms with E-state index < -0.39 is 51.9 Å². The SMILES string of the molecule is C[C@H](CC(=O)c1ccccc1)C(F)(S(=O)(=O)c1ccccc1)S(=O)(=O)c1ccccc1. The fraction of sp³-hybridized carbons (Fsp3) is 0.174. The van der Waals surface area contributed by atoms with Crippen molar-refractivity contribution in [3.05, 3.63) is 96.6 Å². The van der Waals surface area contributed by atoms with Crippen molar-refractivity contribution < 1.29 is 26.0 Å². The second kappa shape index (κ2) is 8.72. The van der Waals surface area contributed by atoms with Gasteiger partial charge in [-0.15, -0.1) is 0 Å². The second-order valence-corrected chi connectivity index (χ2v) is 11.5. The van der Waals surface area contributed by atoms with E-state index in [0.717, 1.165) is 31.2 Å². The average Bonchev–Trinajstić information content (AvgIpc) is 2.79. The lowest BCUT2D eigenvalue weighted by molar-refractivity contribution is 0.0944. The van der Waals surface area contributed by atoms with Crippen molar-refractivity contribution in [2.75, 3.05) is 0 Å². The van der Waals surface area contributed by atoms with Crippen molar-refractivity contribution in [1.29, 1.82) is 0 Å². The molecule has 162 valence electrons. The smallest absolute Gasteiger partial charge is 0.294 e. The van der Waals surface area contributed by atoms with Gasteiger partial charge in [0.25, 0.3) is 0 Å². The number of hydrogen-bond donors (Lipinski definition) is 0. The second-order valence-electron chi connectivity index (χ2n) is 7.11. The van der Waals surface area contributed by atoms with E-state index in [1.54, 1.807) is 18.2 Å². The van der Waals surface area contributed by atoms with Crippen LogP contribution in [0.1, 0.15) is 23.7 Å². The molecule has 8 heteroatoms. The molecule has 3 aromatic rings. The lowest BCUT2D eigenvalue weighted by atomic mass is 10.0. The van der Waals surface area contributed by atoms with E-state index >= 15 is 4.39 Å². The quantitative estimate of drug-likeness (QED) is 0.463. The van der Waals surface area contributed by atoms with Crippen LogP contribution in [0.25, 0.3) is 0 Å². The maximum absolute atomic E-state index is 16.7. The van der Waals surface area contributed by atoms with Crippen LogP contribution in [0.5, 0.6) is 0 Å². The van der Waals surface area contributed by atoms with E-state index in [9.17, 15) is 21.6 Å². The standard InChI is InChI=1S/C23H21FO5S2/c1-18(17-22(25)19-11-5-2-6-12-19)23(24,30(26,27)20-13-7-3-8-14-20)31(28,29)21-15-9-4-10-16-21/h2-16,18H,17H2,1H3/t18-/m1/s1. The lowest BCUT2D eigenvalue weighted by Crippen LogP contribution is -2.48. The van der Waals surface area contributed by atoms with Gasteiger partial charge >= 0.3 is 4.33 Å². The van der Waals surface area contributed by atoms with Crippen molar-refractivity contribution in [1.82, 2.24) is 0 Å². The Balaban J connectivity index is 2.16. The number of hydrogen-bond acceptors (Lipinski definition) is 5. The van der Waals surface area contributed by atoms with Crippen LogP contribution in [-0.4, -0.2) is 27.0 Å². The molecule has 0 amide bonds. The molecule has 0 heterocycles. The van der Waals surface area contributed by atoms with Crippen LogP contribution in [0.3, 0.4) is 0 Å². The number of carbonyl (C=O) groups excluding carboxylic acids is 1. The number of Topliss-reactive ketones (excluding diaryl/α,β-unsaturated/α-hetero) is 1. The minimum Gasteiger partial charge on any atom is -0.294 e. The summed E-state index contributed by atoms with van der Waals surface area (Å²) in [7, 11) is -10.1. The Morgan fingerprint density at radius 2 is 1.10 bits per heavy atom. The van der Waals surface area contributed by atoms with Crippen molar-refractivity contribution >= 4 is 25.5 Å². The van der Waals surface area contributed by atoms with Gasteiger partial charge in [-0.1, -0.05) is 73.7 Å². The van der Waals surface area contributed by atoms with Crippen LogP contribution < -0.4 is 0 Å². The van der Waals surface area contributed by atoms with E-state index in [2.05, 4.69) is 0 Å². The molecule has 0 spiro atoms. The molecular weight excluding hydrogens is 439 g/mol. The Morgan fingerprint density at radius 1 is 0.742 bits per heavy atom. The highest BCUT2D eigenvalue weighted by atomic mass is 32.3. The summed E-state index contributed by atoms with van der Waals surface area (Å²) < 4.78 is 66.4. The normalized spacial score (nSPS) is 13.5. The minimum atomic E-state index is -5.04. The highest BCUT2D eigenvalue weighted by Gasteiger charge is 2.61. The topological polar surface area (TPSA) is 85.3 Å². The maximum atomic E-state index is 16.7. The summed E-state index contributed by atoms with van der Waals surface area (Å²) in [5, 5.41) is 0. The molecule has 1 atom stereocenters. The summed E-state index contributed by atoms with van der Waals surface area (Å²) in [6, 6.07) is 21.1. The first-order valence-electron chi connectivity index (χ1n) is 9.49. The number of sulfone groups is 2. The van der Waals surface area contributed by atoms with Crippen LogP contribution in [0.4, 0.5) is 4.39 Å². The number of alkyl halides is 1. The third-order valence-corrected chi connectivity index (χ3v) is 10.4. The highest BCUT2D eigenvalue weighted by Crippen LogP contribution is 2.44. The molecule has 0 radical (unpaired) electrons. The van der Waals surface area contributed by atoms with E-state index in [-0.39, 0.29) is 5.56 Å². The van der Waals surface area contributed by atoms with Gasteiger partial charge in [-0.05, 0) is 24.3 Å². The highest BCUT2D eigenvalue weighted by molar-refractivity contribution is 8.10. The zero-order valence-corrected chi connectivity index (χ0v) is 18.3. The third kappa shape index (κ3) is 4.05. The fourth-order valence-electron chi connectivity index (χ4n) is 3.34. The van der Waals surface area contributed by atoms with Gasteiger partial charge in [0.15, 0.2) is 5.78 Å². The summed E-state index contributed by atoms with van der Waals surface area (Å²) in [6.45, 7) is 1.13. The van der Waals surface area contributed by atoms with Crippen LogP contribution in [0.15, 0.2) is 101 Å². The monoisotopic (exact) mass is 460 g/mol. The first-order valence-corrected chi connectivity index (χ1v) is 12.5. The van der Waals surface area contributed by atoms with Crippen LogP contribution in [0, 0.1) is 5.92 Å². The van der Waals surface area contributed by atoms with Crippen LogP contribution in [0.2, 0.25) is 0 Å². The van der Waals surface area contributed by atoms with Crippen molar-refractivity contribution in [3.8, 4) is 0 Å². The molecule has 0 bridgehead atoms. The summed E-state index contributed by atoms with van der Waals surface area (Å²) in [5.74, 6) is -2.24. The van der Waals surface area contributed by atoms with Gasteiger partial charge in [0.1, 0.15) is 0 Å². The number of ketones is 1. The molecule has 0 saturated carbocycles. The molecule has 0 saturated heterocycles. The molecule has 0 aliphatic rings. The van der Waals surface area contributed by atoms with Crippen LogP contribution in [-0.2, 0) is 19.7 Å². The van der Waals surface area contributed by atoms with E-state index in [1.165, 1.54) is 48.5 Å². The Morgan fingerprint density at radius 3 is 1.48 bits per heavy atom. The molecule has 0 fully saturated rings. The molecule has 0 unspecified atom stereocenters. The Kier molecular flexibility index (Phi) is 6.43. The molecule has 31 heavy (non-hydrogen) atoms. The van der Waals surface area contributed by atoms with E-state index in [1.807, 2.05) is 0 Å². The molecule has 0 N–H and O–H groups in total. The minimum absolute atomic E-state index is 0.242. The number of halogens is 1. The summed E-state index contributed by atoms with van der Waals surface area (Å²) in [5.41, 5.74) is 0.242. The molecule has 3 rings (SSSR count).